The lowest BCUT2D eigenvalue weighted by atomic mass is 9.84. The number of aryl methyl sites for hydroxylation is 4. The number of phenolic OH excluding ortho intramolecular Hbond substituents is 2. The first-order valence-corrected chi connectivity index (χ1v) is 12.9. The van der Waals surface area contributed by atoms with Crippen molar-refractivity contribution in [1.82, 2.24) is 0 Å². The van der Waals surface area contributed by atoms with Crippen LogP contribution in [0.4, 0.5) is 11.4 Å². The summed E-state index contributed by atoms with van der Waals surface area (Å²) in [4.78, 5) is 9.65. The van der Waals surface area contributed by atoms with Gasteiger partial charge in [-0.25, -0.2) is 0 Å². The quantitative estimate of drug-likeness (QED) is 0.353. The zero-order chi connectivity index (χ0) is 27.9. The third-order valence-corrected chi connectivity index (χ3v) is 6.74. The Hall–Kier alpha value is -3.40. The SMILES string of the molecule is Cc1cc(C=Nc2c(C)cc(C)c(N=Cc3cc(C)cc(C(C)(C)C)c3O)c2C)c(O)c(C(C)(C)C)c1. The molecule has 0 fully saturated rings. The van der Waals surface area contributed by atoms with Crippen LogP contribution < -0.4 is 0 Å². The van der Waals surface area contributed by atoms with Gasteiger partial charge in [0, 0.05) is 40.2 Å². The topological polar surface area (TPSA) is 65.2 Å². The average molecular weight is 499 g/mol. The number of hydrogen-bond donors (Lipinski definition) is 2. The molecular formula is C33H42N2O2. The monoisotopic (exact) mass is 498 g/mol. The van der Waals surface area contributed by atoms with Gasteiger partial charge in [-0.05, 0) is 79.8 Å². The molecule has 0 aliphatic carbocycles. The zero-order valence-electron chi connectivity index (χ0n) is 24.3. The number of rotatable bonds is 4. The van der Waals surface area contributed by atoms with Crippen LogP contribution in [0.15, 0.2) is 40.3 Å². The number of nitrogens with zero attached hydrogens (tertiary/aromatic N) is 2. The van der Waals surface area contributed by atoms with E-state index in [0.717, 1.165) is 50.3 Å². The van der Waals surface area contributed by atoms with Gasteiger partial charge in [0.2, 0.25) is 0 Å². The van der Waals surface area contributed by atoms with E-state index in [1.807, 2.05) is 58.9 Å². The minimum absolute atomic E-state index is 0.176. The minimum atomic E-state index is -0.176. The molecule has 0 radical (unpaired) electrons. The summed E-state index contributed by atoms with van der Waals surface area (Å²) >= 11 is 0. The number of aliphatic imine (C=N–C) groups is 2. The van der Waals surface area contributed by atoms with E-state index in [0.29, 0.717) is 11.1 Å². The van der Waals surface area contributed by atoms with Crippen LogP contribution in [0.25, 0.3) is 0 Å². The van der Waals surface area contributed by atoms with Crippen LogP contribution >= 0.6 is 0 Å². The van der Waals surface area contributed by atoms with Crippen LogP contribution in [0.2, 0.25) is 0 Å². The molecule has 0 saturated carbocycles. The summed E-state index contributed by atoms with van der Waals surface area (Å²) in [6.07, 6.45) is 3.50. The normalized spacial score (nSPS) is 12.7. The smallest absolute Gasteiger partial charge is 0.128 e. The van der Waals surface area contributed by atoms with Crippen molar-refractivity contribution in [2.24, 2.45) is 9.98 Å². The Morgan fingerprint density at radius 1 is 0.568 bits per heavy atom. The van der Waals surface area contributed by atoms with Crippen molar-refractivity contribution < 1.29 is 10.2 Å². The average Bonchev–Trinajstić information content (AvgIpc) is 2.75. The summed E-state index contributed by atoms with van der Waals surface area (Å²) in [7, 11) is 0. The van der Waals surface area contributed by atoms with Gasteiger partial charge in [0.1, 0.15) is 11.5 Å². The summed E-state index contributed by atoms with van der Waals surface area (Å²) in [6, 6.07) is 10.1. The van der Waals surface area contributed by atoms with E-state index in [2.05, 4.69) is 47.6 Å². The molecule has 4 heteroatoms. The van der Waals surface area contributed by atoms with Crippen LogP contribution in [0, 0.1) is 34.6 Å². The maximum Gasteiger partial charge on any atom is 0.128 e. The van der Waals surface area contributed by atoms with Gasteiger partial charge in [0.05, 0.1) is 11.4 Å². The van der Waals surface area contributed by atoms with Gasteiger partial charge in [0.15, 0.2) is 0 Å². The van der Waals surface area contributed by atoms with Gasteiger partial charge in [-0.2, -0.15) is 0 Å². The summed E-state index contributed by atoms with van der Waals surface area (Å²) in [5, 5.41) is 21.9. The Labute approximate surface area is 222 Å². The standard InChI is InChI=1S/C33H42N2O2/c1-19-12-24(30(36)26(14-19)32(6,7)8)17-34-28-21(3)16-22(4)29(23(28)5)35-18-25-13-20(2)15-27(31(25)37)33(9,10)11/h12-18,36-37H,1-11H3. The van der Waals surface area contributed by atoms with Crippen molar-refractivity contribution in [2.75, 3.05) is 0 Å². The Kier molecular flexibility index (Phi) is 7.74. The first-order chi connectivity index (χ1) is 17.0. The van der Waals surface area contributed by atoms with Crippen molar-refractivity contribution in [1.29, 1.82) is 0 Å². The predicted octanol–water partition coefficient (Wildman–Crippen LogP) is 8.74. The number of benzene rings is 3. The molecule has 2 N–H and O–H groups in total. The van der Waals surface area contributed by atoms with E-state index < -0.39 is 0 Å². The van der Waals surface area contributed by atoms with Crippen molar-refractivity contribution in [3.63, 3.8) is 0 Å². The lowest BCUT2D eigenvalue weighted by molar-refractivity contribution is 0.445. The van der Waals surface area contributed by atoms with E-state index in [9.17, 15) is 10.2 Å². The molecule has 0 amide bonds. The fourth-order valence-corrected chi connectivity index (χ4v) is 4.78. The van der Waals surface area contributed by atoms with E-state index in [1.165, 1.54) is 0 Å². The first kappa shape index (κ1) is 28.2. The lowest BCUT2D eigenvalue weighted by Gasteiger charge is -2.22. The second kappa shape index (κ2) is 10.2. The molecule has 3 aromatic carbocycles. The molecule has 0 aliphatic rings. The van der Waals surface area contributed by atoms with Gasteiger partial charge in [-0.3, -0.25) is 9.98 Å². The van der Waals surface area contributed by atoms with Crippen LogP contribution in [0.5, 0.6) is 11.5 Å². The summed E-state index contributed by atoms with van der Waals surface area (Å²) in [5.74, 6) is 0.541. The second-order valence-electron chi connectivity index (χ2n) is 12.3. The zero-order valence-corrected chi connectivity index (χ0v) is 24.3. The molecule has 4 nitrogen and oxygen atoms in total. The fourth-order valence-electron chi connectivity index (χ4n) is 4.78. The van der Waals surface area contributed by atoms with Crippen LogP contribution in [-0.2, 0) is 10.8 Å². The Bertz CT molecular complexity index is 1290. The maximum absolute atomic E-state index is 11.0. The van der Waals surface area contributed by atoms with Crippen molar-refractivity contribution in [3.05, 3.63) is 80.4 Å². The molecule has 0 unspecified atom stereocenters. The van der Waals surface area contributed by atoms with Crippen molar-refractivity contribution in [3.8, 4) is 11.5 Å². The van der Waals surface area contributed by atoms with E-state index in [-0.39, 0.29) is 22.3 Å². The molecule has 0 saturated heterocycles. The molecular weight excluding hydrogens is 456 g/mol. The minimum Gasteiger partial charge on any atom is -0.507 e. The molecule has 0 bridgehead atoms. The lowest BCUT2D eigenvalue weighted by Crippen LogP contribution is -2.12. The summed E-state index contributed by atoms with van der Waals surface area (Å²) in [6.45, 7) is 22.7. The fraction of sp³-hybridized carbons (Fsp3) is 0.394. The summed E-state index contributed by atoms with van der Waals surface area (Å²) < 4.78 is 0. The number of phenols is 2. The number of aromatic hydroxyl groups is 2. The Morgan fingerprint density at radius 2 is 0.919 bits per heavy atom. The van der Waals surface area contributed by atoms with E-state index in [1.54, 1.807) is 12.4 Å². The highest BCUT2D eigenvalue weighted by Crippen LogP contribution is 2.38. The van der Waals surface area contributed by atoms with E-state index >= 15 is 0 Å². The van der Waals surface area contributed by atoms with Gasteiger partial charge in [-0.15, -0.1) is 0 Å². The van der Waals surface area contributed by atoms with Crippen LogP contribution in [0.3, 0.4) is 0 Å². The van der Waals surface area contributed by atoms with E-state index in [4.69, 9.17) is 9.98 Å². The molecule has 0 aliphatic heterocycles. The van der Waals surface area contributed by atoms with Crippen LogP contribution in [0.1, 0.15) is 91.6 Å². The molecule has 37 heavy (non-hydrogen) atoms. The predicted molar refractivity (Wildman–Crippen MR) is 158 cm³/mol. The molecule has 0 spiro atoms. The maximum atomic E-state index is 11.0. The van der Waals surface area contributed by atoms with Crippen molar-refractivity contribution >= 4 is 23.8 Å². The molecule has 0 aromatic heterocycles. The van der Waals surface area contributed by atoms with Gasteiger partial charge in [0.25, 0.3) is 0 Å². The highest BCUT2D eigenvalue weighted by atomic mass is 16.3. The molecule has 0 heterocycles. The highest BCUT2D eigenvalue weighted by Gasteiger charge is 2.21. The Morgan fingerprint density at radius 3 is 1.24 bits per heavy atom. The highest BCUT2D eigenvalue weighted by molar-refractivity contribution is 5.90. The first-order valence-electron chi connectivity index (χ1n) is 12.9. The number of hydrogen-bond acceptors (Lipinski definition) is 4. The van der Waals surface area contributed by atoms with Crippen LogP contribution in [-0.4, -0.2) is 22.6 Å². The summed E-state index contributed by atoms with van der Waals surface area (Å²) in [5.41, 5.74) is 9.74. The Balaban J connectivity index is 2.08. The molecule has 3 aromatic rings. The molecule has 3 rings (SSSR count). The van der Waals surface area contributed by atoms with Gasteiger partial charge in [-0.1, -0.05) is 59.7 Å². The molecule has 0 atom stereocenters. The second-order valence-corrected chi connectivity index (χ2v) is 12.3. The third kappa shape index (κ3) is 6.12. The van der Waals surface area contributed by atoms with Gasteiger partial charge < -0.3 is 10.2 Å². The van der Waals surface area contributed by atoms with Crippen molar-refractivity contribution in [2.45, 2.75) is 87.0 Å². The largest absolute Gasteiger partial charge is 0.507 e. The molecule has 196 valence electrons. The third-order valence-electron chi connectivity index (χ3n) is 6.74. The van der Waals surface area contributed by atoms with Gasteiger partial charge >= 0.3 is 0 Å².